The molecule has 0 aliphatic carbocycles. The van der Waals surface area contributed by atoms with Crippen LogP contribution in [0.25, 0.3) is 10.9 Å². The van der Waals surface area contributed by atoms with Crippen molar-refractivity contribution >= 4 is 27.9 Å². The molecule has 4 rings (SSSR count). The fraction of sp³-hybridized carbons (Fsp3) is 0.389. The van der Waals surface area contributed by atoms with Crippen molar-refractivity contribution < 1.29 is 0 Å². The Balaban J connectivity index is 1.46. The molecule has 0 spiro atoms. The van der Waals surface area contributed by atoms with E-state index >= 15 is 0 Å². The predicted molar refractivity (Wildman–Crippen MR) is 101 cm³/mol. The summed E-state index contributed by atoms with van der Waals surface area (Å²) in [6, 6.07) is 5.96. The molecule has 0 N–H and O–H groups in total. The van der Waals surface area contributed by atoms with Gasteiger partial charge in [-0.2, -0.15) is 0 Å². The highest BCUT2D eigenvalue weighted by Crippen LogP contribution is 2.21. The first-order valence-electron chi connectivity index (χ1n) is 8.44. The van der Waals surface area contributed by atoms with E-state index in [-0.39, 0.29) is 5.56 Å². The summed E-state index contributed by atoms with van der Waals surface area (Å²) in [5.41, 5.74) is 1.91. The molecule has 1 saturated heterocycles. The van der Waals surface area contributed by atoms with E-state index in [2.05, 4.69) is 19.8 Å². The van der Waals surface area contributed by atoms with Gasteiger partial charge in [0, 0.05) is 56.5 Å². The van der Waals surface area contributed by atoms with Crippen LogP contribution in [0.1, 0.15) is 9.88 Å². The molecule has 25 heavy (non-hydrogen) atoms. The Morgan fingerprint density at radius 3 is 2.68 bits per heavy atom. The molecule has 1 fully saturated rings. The summed E-state index contributed by atoms with van der Waals surface area (Å²) in [6.45, 7) is 7.04. The van der Waals surface area contributed by atoms with Crippen molar-refractivity contribution in [2.24, 2.45) is 7.05 Å². The van der Waals surface area contributed by atoms with Crippen LogP contribution in [-0.4, -0.2) is 45.6 Å². The van der Waals surface area contributed by atoms with E-state index < -0.39 is 0 Å². The van der Waals surface area contributed by atoms with Crippen LogP contribution in [0.15, 0.2) is 35.5 Å². The van der Waals surface area contributed by atoms with Gasteiger partial charge in [0.15, 0.2) is 0 Å². The minimum atomic E-state index is 0.00113. The average Bonchev–Trinajstić information content (AvgIpc) is 3.03. The van der Waals surface area contributed by atoms with Crippen LogP contribution in [0, 0.1) is 6.92 Å². The summed E-state index contributed by atoms with van der Waals surface area (Å²) in [5.74, 6) is 0. The highest BCUT2D eigenvalue weighted by atomic mass is 32.1. The predicted octanol–water partition coefficient (Wildman–Crippen LogP) is 2.02. The van der Waals surface area contributed by atoms with Crippen LogP contribution in [0.3, 0.4) is 0 Å². The van der Waals surface area contributed by atoms with Gasteiger partial charge in [-0.15, -0.1) is 11.3 Å². The third-order valence-corrected chi connectivity index (χ3v) is 5.59. The van der Waals surface area contributed by atoms with E-state index in [1.165, 1.54) is 9.44 Å². The van der Waals surface area contributed by atoms with Gasteiger partial charge in [-0.1, -0.05) is 0 Å². The molecule has 0 radical (unpaired) electrons. The molecule has 3 aromatic rings. The topological polar surface area (TPSA) is 54.3 Å². The monoisotopic (exact) mass is 355 g/mol. The largest absolute Gasteiger partial charge is 0.369 e. The Labute approximate surface area is 150 Å². The molecule has 1 aliphatic heterocycles. The van der Waals surface area contributed by atoms with Crippen molar-refractivity contribution in [3.63, 3.8) is 0 Å². The van der Waals surface area contributed by atoms with E-state index in [0.717, 1.165) is 48.9 Å². The molecule has 7 heteroatoms. The molecule has 1 aromatic carbocycles. The number of thiazole rings is 1. The molecule has 0 saturated carbocycles. The first-order valence-corrected chi connectivity index (χ1v) is 9.26. The lowest BCUT2D eigenvalue weighted by Gasteiger charge is -2.35. The number of hydrogen-bond acceptors (Lipinski definition) is 6. The van der Waals surface area contributed by atoms with Gasteiger partial charge in [0.1, 0.15) is 0 Å². The Morgan fingerprint density at radius 1 is 1.16 bits per heavy atom. The van der Waals surface area contributed by atoms with Gasteiger partial charge in [0.2, 0.25) is 0 Å². The lowest BCUT2D eigenvalue weighted by atomic mass is 10.2. The van der Waals surface area contributed by atoms with Gasteiger partial charge >= 0.3 is 0 Å². The molecule has 1 aliphatic rings. The SMILES string of the molecule is Cc1ncc(CN2CCN(c3ccc4c(=O)n(C)cnc4c3)CC2)s1. The summed E-state index contributed by atoms with van der Waals surface area (Å²) < 4.78 is 1.52. The second-order valence-corrected chi connectivity index (χ2v) is 7.79. The molecular weight excluding hydrogens is 334 g/mol. The zero-order valence-electron chi connectivity index (χ0n) is 14.5. The number of anilines is 1. The van der Waals surface area contributed by atoms with Gasteiger partial charge in [-0.05, 0) is 25.1 Å². The first-order chi connectivity index (χ1) is 12.1. The Hall–Kier alpha value is -2.25. The quantitative estimate of drug-likeness (QED) is 0.719. The van der Waals surface area contributed by atoms with Gasteiger partial charge in [-0.25, -0.2) is 9.97 Å². The van der Waals surface area contributed by atoms with Crippen LogP contribution < -0.4 is 10.5 Å². The number of rotatable bonds is 3. The summed E-state index contributed by atoms with van der Waals surface area (Å²) in [5, 5.41) is 1.80. The highest BCUT2D eigenvalue weighted by Gasteiger charge is 2.18. The van der Waals surface area contributed by atoms with Crippen molar-refractivity contribution in [3.05, 3.63) is 51.0 Å². The van der Waals surface area contributed by atoms with Crippen LogP contribution in [0.2, 0.25) is 0 Å². The summed E-state index contributed by atoms with van der Waals surface area (Å²) >= 11 is 1.78. The molecule has 0 bridgehead atoms. The van der Waals surface area contributed by atoms with Crippen molar-refractivity contribution in [2.75, 3.05) is 31.1 Å². The minimum Gasteiger partial charge on any atom is -0.369 e. The van der Waals surface area contributed by atoms with Crippen molar-refractivity contribution in [3.8, 4) is 0 Å². The number of aryl methyl sites for hydroxylation is 2. The Bertz CT molecular complexity index is 955. The van der Waals surface area contributed by atoms with Crippen molar-refractivity contribution in [1.29, 1.82) is 0 Å². The zero-order valence-corrected chi connectivity index (χ0v) is 15.3. The van der Waals surface area contributed by atoms with E-state index in [4.69, 9.17) is 0 Å². The number of benzene rings is 1. The molecule has 3 heterocycles. The smallest absolute Gasteiger partial charge is 0.260 e. The van der Waals surface area contributed by atoms with Crippen LogP contribution >= 0.6 is 11.3 Å². The number of piperazine rings is 1. The molecule has 0 unspecified atom stereocenters. The normalized spacial score (nSPS) is 15.8. The average molecular weight is 355 g/mol. The van der Waals surface area contributed by atoms with Gasteiger partial charge in [0.25, 0.3) is 5.56 Å². The van der Waals surface area contributed by atoms with Crippen molar-refractivity contribution in [2.45, 2.75) is 13.5 Å². The number of aromatic nitrogens is 3. The van der Waals surface area contributed by atoms with E-state index in [0.29, 0.717) is 5.39 Å². The second kappa shape index (κ2) is 6.57. The van der Waals surface area contributed by atoms with Crippen LogP contribution in [0.4, 0.5) is 5.69 Å². The van der Waals surface area contributed by atoms with Gasteiger partial charge < -0.3 is 9.47 Å². The van der Waals surface area contributed by atoms with Crippen LogP contribution in [-0.2, 0) is 13.6 Å². The fourth-order valence-corrected chi connectivity index (χ4v) is 4.10. The first kappa shape index (κ1) is 16.2. The Kier molecular flexibility index (Phi) is 4.27. The van der Waals surface area contributed by atoms with Crippen LogP contribution in [0.5, 0.6) is 0 Å². The molecule has 130 valence electrons. The maximum Gasteiger partial charge on any atom is 0.260 e. The third-order valence-electron chi connectivity index (χ3n) is 4.69. The molecule has 0 atom stereocenters. The lowest BCUT2D eigenvalue weighted by molar-refractivity contribution is 0.252. The summed E-state index contributed by atoms with van der Waals surface area (Å²) in [4.78, 5) is 27.0. The molecule has 0 amide bonds. The fourth-order valence-electron chi connectivity index (χ4n) is 3.26. The zero-order chi connectivity index (χ0) is 17.4. The maximum absolute atomic E-state index is 12.1. The third kappa shape index (κ3) is 3.29. The van der Waals surface area contributed by atoms with E-state index in [1.54, 1.807) is 24.7 Å². The maximum atomic E-state index is 12.1. The minimum absolute atomic E-state index is 0.00113. The number of nitrogens with zero attached hydrogens (tertiary/aromatic N) is 5. The second-order valence-electron chi connectivity index (χ2n) is 6.47. The highest BCUT2D eigenvalue weighted by molar-refractivity contribution is 7.11. The van der Waals surface area contributed by atoms with Crippen molar-refractivity contribution in [1.82, 2.24) is 19.4 Å². The lowest BCUT2D eigenvalue weighted by Crippen LogP contribution is -2.45. The molecular formula is C18H21N5OS. The number of hydrogen-bond donors (Lipinski definition) is 0. The number of fused-ring (bicyclic) bond motifs is 1. The summed E-state index contributed by atoms with van der Waals surface area (Å²) in [7, 11) is 1.73. The molecule has 2 aromatic heterocycles. The Morgan fingerprint density at radius 2 is 1.96 bits per heavy atom. The van der Waals surface area contributed by atoms with Gasteiger partial charge in [-0.3, -0.25) is 9.69 Å². The molecule has 6 nitrogen and oxygen atoms in total. The standard InChI is InChI=1S/C18H21N5OS/c1-13-19-10-15(25-13)11-22-5-7-23(8-6-22)14-3-4-16-17(9-14)20-12-21(2)18(16)24/h3-4,9-10,12H,5-8,11H2,1-2H3. The van der Waals surface area contributed by atoms with E-state index in [9.17, 15) is 4.79 Å². The summed E-state index contributed by atoms with van der Waals surface area (Å²) in [6.07, 6.45) is 3.57. The van der Waals surface area contributed by atoms with E-state index in [1.807, 2.05) is 31.3 Å². The van der Waals surface area contributed by atoms with Gasteiger partial charge in [0.05, 0.1) is 22.2 Å².